The second-order valence-electron chi connectivity index (χ2n) is 1.90. The molecule has 8 heteroatoms. The van der Waals surface area contributed by atoms with E-state index in [-0.39, 0.29) is 49.6 Å². The van der Waals surface area contributed by atoms with E-state index in [0.717, 1.165) is 0 Å². The molecule has 0 saturated carbocycles. The zero-order valence-corrected chi connectivity index (χ0v) is 12.4. The van der Waals surface area contributed by atoms with Crippen molar-refractivity contribution in [2.75, 3.05) is 0 Å². The number of benzene rings is 1. The monoisotopic (exact) mass is 330 g/mol. The van der Waals surface area contributed by atoms with Crippen LogP contribution in [-0.4, -0.2) is 9.79 Å². The Morgan fingerprint density at radius 2 is 1.31 bits per heavy atom. The minimum Gasteiger partial charge on any atom is -0.326 e. The standard InChI is InChI=1S/C8H8.4ClH.H3O3P/c1-2-8-6-4-3-5-7-8;;;;;1-4(2)3/h2-7H,1H2;4*1H;4H,(H2,1,2,3). The number of halogens is 4. The summed E-state index contributed by atoms with van der Waals surface area (Å²) in [5, 5.41) is 0. The predicted molar refractivity (Wildman–Crippen MR) is 79.0 cm³/mol. The molecule has 0 amide bonds. The molecule has 3 nitrogen and oxygen atoms in total. The first kappa shape index (κ1) is 29.9. The van der Waals surface area contributed by atoms with Gasteiger partial charge in [-0.3, -0.25) is 4.57 Å². The Balaban J connectivity index is -0.0000000458. The fourth-order valence-electron chi connectivity index (χ4n) is 0.589. The molecule has 1 rings (SSSR count). The van der Waals surface area contributed by atoms with Crippen molar-refractivity contribution in [3.63, 3.8) is 0 Å². The van der Waals surface area contributed by atoms with Crippen LogP contribution in [-0.2, 0) is 4.57 Å². The molecule has 0 saturated heterocycles. The Morgan fingerprint density at radius 3 is 1.50 bits per heavy atom. The third-order valence-corrected chi connectivity index (χ3v) is 1.04. The summed E-state index contributed by atoms with van der Waals surface area (Å²) in [5.74, 6) is 0. The molecule has 0 aliphatic heterocycles. The van der Waals surface area contributed by atoms with Crippen molar-refractivity contribution in [1.82, 2.24) is 0 Å². The van der Waals surface area contributed by atoms with Crippen LogP contribution in [0.4, 0.5) is 0 Å². The van der Waals surface area contributed by atoms with E-state index in [1.807, 2.05) is 36.4 Å². The van der Waals surface area contributed by atoms with Crippen LogP contribution in [0.25, 0.3) is 6.08 Å². The molecule has 0 fully saturated rings. The number of rotatable bonds is 1. The molecule has 0 aliphatic rings. The molecule has 0 unspecified atom stereocenters. The maximum Gasteiger partial charge on any atom is 0.314 e. The number of hydrogen-bond acceptors (Lipinski definition) is 1. The average molecular weight is 332 g/mol. The van der Waals surface area contributed by atoms with Crippen LogP contribution < -0.4 is 0 Å². The second kappa shape index (κ2) is 20.7. The smallest absolute Gasteiger partial charge is 0.314 e. The lowest BCUT2D eigenvalue weighted by molar-refractivity contribution is 0.405. The lowest BCUT2D eigenvalue weighted by Gasteiger charge is -1.85. The molecule has 0 aliphatic carbocycles. The van der Waals surface area contributed by atoms with Gasteiger partial charge < -0.3 is 9.79 Å². The fourth-order valence-corrected chi connectivity index (χ4v) is 0.589. The first-order valence-corrected chi connectivity index (χ1v) is 4.56. The maximum absolute atomic E-state index is 8.74. The molecule has 0 radical (unpaired) electrons. The Bertz CT molecular complexity index is 255. The van der Waals surface area contributed by atoms with Gasteiger partial charge in [0.1, 0.15) is 0 Å². The van der Waals surface area contributed by atoms with Crippen molar-refractivity contribution in [2.24, 2.45) is 0 Å². The highest BCUT2D eigenvalue weighted by molar-refractivity contribution is 7.30. The Hall–Kier alpha value is 0.270. The average Bonchev–Trinajstić information content (AvgIpc) is 2.05. The van der Waals surface area contributed by atoms with Gasteiger partial charge in [0.25, 0.3) is 0 Å². The van der Waals surface area contributed by atoms with Crippen LogP contribution >= 0.6 is 57.9 Å². The predicted octanol–water partition coefficient (Wildman–Crippen LogP) is 3.38. The molecule has 0 aromatic heterocycles. The van der Waals surface area contributed by atoms with Gasteiger partial charge >= 0.3 is 8.25 Å². The first-order valence-electron chi connectivity index (χ1n) is 3.26. The van der Waals surface area contributed by atoms with Crippen LogP contribution in [0, 0.1) is 0 Å². The minimum absolute atomic E-state index is 0. The molecule has 0 heterocycles. The molecule has 16 heavy (non-hydrogen) atoms. The van der Waals surface area contributed by atoms with E-state index in [2.05, 4.69) is 6.58 Å². The van der Waals surface area contributed by atoms with Gasteiger partial charge in [-0.15, -0.1) is 49.6 Å². The van der Waals surface area contributed by atoms with E-state index in [1.165, 1.54) is 5.56 Å². The van der Waals surface area contributed by atoms with Gasteiger partial charge in [-0.2, -0.15) is 0 Å². The summed E-state index contributed by atoms with van der Waals surface area (Å²) < 4.78 is 8.74. The summed E-state index contributed by atoms with van der Waals surface area (Å²) in [6.45, 7) is 3.63. The molecule has 2 N–H and O–H groups in total. The normalized spacial score (nSPS) is 6.44. The molecule has 0 spiro atoms. The first-order chi connectivity index (χ1) is 5.66. The molecule has 0 bridgehead atoms. The highest BCUT2D eigenvalue weighted by Crippen LogP contribution is 1.98. The Kier molecular flexibility index (Phi) is 38.6. The van der Waals surface area contributed by atoms with Gasteiger partial charge in [-0.25, -0.2) is 0 Å². The van der Waals surface area contributed by atoms with Crippen molar-refractivity contribution < 1.29 is 14.4 Å². The van der Waals surface area contributed by atoms with E-state index < -0.39 is 8.25 Å². The van der Waals surface area contributed by atoms with Crippen LogP contribution in [0.15, 0.2) is 36.9 Å². The highest BCUT2D eigenvalue weighted by atomic mass is 35.5. The van der Waals surface area contributed by atoms with Crippen molar-refractivity contribution in [2.45, 2.75) is 0 Å². The van der Waals surface area contributed by atoms with Crippen LogP contribution in [0.3, 0.4) is 0 Å². The van der Waals surface area contributed by atoms with E-state index in [0.29, 0.717) is 0 Å². The summed E-state index contributed by atoms with van der Waals surface area (Å²) >= 11 is 0. The Labute approximate surface area is 121 Å². The zero-order valence-electron chi connectivity index (χ0n) is 8.11. The third kappa shape index (κ3) is 23.8. The largest absolute Gasteiger partial charge is 0.326 e. The SMILES string of the molecule is C=Cc1ccccc1.Cl.Cl.Cl.Cl.O=[PH](O)O. The van der Waals surface area contributed by atoms with Crippen LogP contribution in [0.1, 0.15) is 5.56 Å². The van der Waals surface area contributed by atoms with Crippen LogP contribution in [0.5, 0.6) is 0 Å². The van der Waals surface area contributed by atoms with Crippen molar-refractivity contribution >= 4 is 64.0 Å². The maximum atomic E-state index is 8.74. The summed E-state index contributed by atoms with van der Waals surface area (Å²) in [4.78, 5) is 14.3. The van der Waals surface area contributed by atoms with Crippen molar-refractivity contribution in [3.8, 4) is 0 Å². The van der Waals surface area contributed by atoms with Gasteiger partial charge in [0.05, 0.1) is 0 Å². The molecule has 0 atom stereocenters. The van der Waals surface area contributed by atoms with E-state index in [1.54, 1.807) is 0 Å². The van der Waals surface area contributed by atoms with Gasteiger partial charge in [0.15, 0.2) is 0 Å². The highest BCUT2D eigenvalue weighted by Gasteiger charge is 1.75. The van der Waals surface area contributed by atoms with Gasteiger partial charge in [0.2, 0.25) is 0 Å². The summed E-state index contributed by atoms with van der Waals surface area (Å²) in [7, 11) is -3.13. The lowest BCUT2D eigenvalue weighted by Crippen LogP contribution is -1.63. The van der Waals surface area contributed by atoms with E-state index >= 15 is 0 Å². The second-order valence-corrected chi connectivity index (χ2v) is 2.46. The van der Waals surface area contributed by atoms with E-state index in [4.69, 9.17) is 14.4 Å². The van der Waals surface area contributed by atoms with E-state index in [9.17, 15) is 0 Å². The quantitative estimate of drug-likeness (QED) is 0.776. The Morgan fingerprint density at radius 1 is 1.00 bits per heavy atom. The molecular weight excluding hydrogens is 317 g/mol. The van der Waals surface area contributed by atoms with Crippen molar-refractivity contribution in [1.29, 1.82) is 0 Å². The topological polar surface area (TPSA) is 57.5 Å². The third-order valence-electron chi connectivity index (χ3n) is 1.04. The van der Waals surface area contributed by atoms with Crippen molar-refractivity contribution in [3.05, 3.63) is 42.5 Å². The lowest BCUT2D eigenvalue weighted by atomic mass is 10.2. The zero-order chi connectivity index (χ0) is 9.40. The molecule has 98 valence electrons. The molecular formula is C8H15Cl4O3P. The fraction of sp³-hybridized carbons (Fsp3) is 0. The number of hydrogen-bond donors (Lipinski definition) is 2. The summed E-state index contributed by atoms with van der Waals surface area (Å²) in [6, 6.07) is 10.0. The van der Waals surface area contributed by atoms with Gasteiger partial charge in [0, 0.05) is 0 Å². The molecule has 1 aromatic rings. The summed E-state index contributed by atoms with van der Waals surface area (Å²) in [6.07, 6.45) is 1.83. The van der Waals surface area contributed by atoms with Gasteiger partial charge in [-0.1, -0.05) is 43.0 Å². The van der Waals surface area contributed by atoms with Crippen LogP contribution in [0.2, 0.25) is 0 Å². The summed E-state index contributed by atoms with van der Waals surface area (Å²) in [5.41, 5.74) is 1.17. The van der Waals surface area contributed by atoms with Gasteiger partial charge in [-0.05, 0) is 5.56 Å². The minimum atomic E-state index is -3.13. The molecule has 1 aromatic carbocycles.